The molecule has 100 valence electrons. The van der Waals surface area contributed by atoms with Gasteiger partial charge in [-0.25, -0.2) is 0 Å². The van der Waals surface area contributed by atoms with Gasteiger partial charge in [0.25, 0.3) is 0 Å². The Kier molecular flexibility index (Phi) is 6.76. The van der Waals surface area contributed by atoms with Crippen molar-refractivity contribution in [3.8, 4) is 0 Å². The minimum absolute atomic E-state index is 0.182. The molecule has 3 nitrogen and oxygen atoms in total. The second-order valence-corrected chi connectivity index (χ2v) is 4.51. The summed E-state index contributed by atoms with van der Waals surface area (Å²) in [5.74, 6) is -0.182. The standard InChI is InChI=1S/C14H20ClNO2/c1-3-9-16(11-14(17)18-4-2)10-12-7-5-6-8-13(12)15/h5-8H,3-4,9-11H2,1-2H3. The van der Waals surface area contributed by atoms with Gasteiger partial charge in [-0.3, -0.25) is 9.69 Å². The van der Waals surface area contributed by atoms with Crippen molar-refractivity contribution in [3.05, 3.63) is 34.9 Å². The summed E-state index contributed by atoms with van der Waals surface area (Å²) in [6.45, 7) is 6.16. The quantitative estimate of drug-likeness (QED) is 0.713. The summed E-state index contributed by atoms with van der Waals surface area (Å²) in [7, 11) is 0. The minimum atomic E-state index is -0.182. The lowest BCUT2D eigenvalue weighted by molar-refractivity contribution is -0.144. The summed E-state index contributed by atoms with van der Waals surface area (Å²) >= 11 is 6.12. The maximum absolute atomic E-state index is 11.5. The van der Waals surface area contributed by atoms with Gasteiger partial charge in [-0.2, -0.15) is 0 Å². The third-order valence-corrected chi connectivity index (χ3v) is 2.92. The summed E-state index contributed by atoms with van der Waals surface area (Å²) in [6.07, 6.45) is 0.990. The van der Waals surface area contributed by atoms with Crippen LogP contribution in [0.15, 0.2) is 24.3 Å². The van der Waals surface area contributed by atoms with E-state index in [1.54, 1.807) is 0 Å². The van der Waals surface area contributed by atoms with Crippen molar-refractivity contribution in [2.45, 2.75) is 26.8 Å². The van der Waals surface area contributed by atoms with Crippen LogP contribution in [0.4, 0.5) is 0 Å². The molecule has 0 saturated carbocycles. The van der Waals surface area contributed by atoms with Gasteiger partial charge >= 0.3 is 5.97 Å². The first-order chi connectivity index (χ1) is 8.67. The average molecular weight is 270 g/mol. The zero-order chi connectivity index (χ0) is 13.4. The van der Waals surface area contributed by atoms with Crippen LogP contribution in [0, 0.1) is 0 Å². The van der Waals surface area contributed by atoms with Crippen molar-refractivity contribution in [3.63, 3.8) is 0 Å². The highest BCUT2D eigenvalue weighted by Gasteiger charge is 2.12. The van der Waals surface area contributed by atoms with Crippen molar-refractivity contribution in [2.24, 2.45) is 0 Å². The molecule has 1 aromatic rings. The second-order valence-electron chi connectivity index (χ2n) is 4.11. The van der Waals surface area contributed by atoms with E-state index in [0.717, 1.165) is 23.6 Å². The molecule has 0 unspecified atom stereocenters. The van der Waals surface area contributed by atoms with Gasteiger partial charge in [-0.1, -0.05) is 36.7 Å². The predicted molar refractivity (Wildman–Crippen MR) is 73.7 cm³/mol. The van der Waals surface area contributed by atoms with Crippen LogP contribution in [-0.2, 0) is 16.1 Å². The maximum Gasteiger partial charge on any atom is 0.320 e. The number of carbonyl (C=O) groups is 1. The number of nitrogens with zero attached hydrogens (tertiary/aromatic N) is 1. The predicted octanol–water partition coefficient (Wildman–Crippen LogP) is 3.12. The molecule has 0 saturated heterocycles. The molecule has 0 aliphatic rings. The lowest BCUT2D eigenvalue weighted by Gasteiger charge is -2.21. The van der Waals surface area contributed by atoms with Crippen LogP contribution in [0.2, 0.25) is 5.02 Å². The van der Waals surface area contributed by atoms with Gasteiger partial charge in [-0.15, -0.1) is 0 Å². The molecule has 0 aliphatic carbocycles. The molecule has 0 bridgehead atoms. The molecule has 0 atom stereocenters. The molecule has 1 rings (SSSR count). The number of benzene rings is 1. The van der Waals surface area contributed by atoms with Crippen molar-refractivity contribution in [1.82, 2.24) is 4.90 Å². The fourth-order valence-corrected chi connectivity index (χ4v) is 1.98. The largest absolute Gasteiger partial charge is 0.465 e. The molecule has 0 heterocycles. The van der Waals surface area contributed by atoms with Crippen LogP contribution in [0.5, 0.6) is 0 Å². The van der Waals surface area contributed by atoms with Gasteiger partial charge in [0.05, 0.1) is 13.2 Å². The van der Waals surface area contributed by atoms with E-state index in [0.29, 0.717) is 19.7 Å². The first-order valence-corrected chi connectivity index (χ1v) is 6.66. The molecule has 18 heavy (non-hydrogen) atoms. The van der Waals surface area contributed by atoms with Crippen molar-refractivity contribution >= 4 is 17.6 Å². The second kappa shape index (κ2) is 8.11. The summed E-state index contributed by atoms with van der Waals surface area (Å²) in [5, 5.41) is 0.738. The first-order valence-electron chi connectivity index (χ1n) is 6.28. The highest BCUT2D eigenvalue weighted by molar-refractivity contribution is 6.31. The molecule has 4 heteroatoms. The number of rotatable bonds is 7. The van der Waals surface area contributed by atoms with Crippen LogP contribution < -0.4 is 0 Å². The van der Waals surface area contributed by atoms with Gasteiger partial charge < -0.3 is 4.74 Å². The van der Waals surface area contributed by atoms with E-state index < -0.39 is 0 Å². The van der Waals surface area contributed by atoms with Gasteiger partial charge in [0, 0.05) is 11.6 Å². The summed E-state index contributed by atoms with van der Waals surface area (Å²) < 4.78 is 4.97. The Morgan fingerprint density at radius 2 is 2.06 bits per heavy atom. The Morgan fingerprint density at radius 3 is 2.67 bits per heavy atom. The fraction of sp³-hybridized carbons (Fsp3) is 0.500. The summed E-state index contributed by atoms with van der Waals surface area (Å²) in [6, 6.07) is 7.71. The maximum atomic E-state index is 11.5. The van der Waals surface area contributed by atoms with E-state index in [1.165, 1.54) is 0 Å². The van der Waals surface area contributed by atoms with Gasteiger partial charge in [0.2, 0.25) is 0 Å². The van der Waals surface area contributed by atoms with Crippen LogP contribution in [0.3, 0.4) is 0 Å². The van der Waals surface area contributed by atoms with E-state index in [4.69, 9.17) is 16.3 Å². The summed E-state index contributed by atoms with van der Waals surface area (Å²) in [4.78, 5) is 13.6. The number of carbonyl (C=O) groups excluding carboxylic acids is 1. The highest BCUT2D eigenvalue weighted by Crippen LogP contribution is 2.17. The lowest BCUT2D eigenvalue weighted by atomic mass is 10.2. The Balaban J connectivity index is 2.62. The molecule has 1 aromatic carbocycles. The SMILES string of the molecule is CCCN(CC(=O)OCC)Cc1ccccc1Cl. The monoisotopic (exact) mass is 269 g/mol. The van der Waals surface area contributed by atoms with Gasteiger partial charge in [0.15, 0.2) is 0 Å². The number of halogens is 1. The number of hydrogen-bond acceptors (Lipinski definition) is 3. The molecular weight excluding hydrogens is 250 g/mol. The lowest BCUT2D eigenvalue weighted by Crippen LogP contribution is -2.31. The van der Waals surface area contributed by atoms with E-state index in [9.17, 15) is 4.79 Å². The van der Waals surface area contributed by atoms with Crippen molar-refractivity contribution < 1.29 is 9.53 Å². The third-order valence-electron chi connectivity index (χ3n) is 2.55. The zero-order valence-corrected chi connectivity index (χ0v) is 11.7. The fourth-order valence-electron chi connectivity index (χ4n) is 1.79. The van der Waals surface area contributed by atoms with Gasteiger partial charge in [-0.05, 0) is 31.5 Å². The van der Waals surface area contributed by atoms with Crippen LogP contribution in [-0.4, -0.2) is 30.6 Å². The topological polar surface area (TPSA) is 29.5 Å². The van der Waals surface area contributed by atoms with Gasteiger partial charge in [0.1, 0.15) is 0 Å². The van der Waals surface area contributed by atoms with Crippen LogP contribution >= 0.6 is 11.6 Å². The number of esters is 1. The number of ether oxygens (including phenoxy) is 1. The molecule has 0 radical (unpaired) electrons. The van der Waals surface area contributed by atoms with Crippen molar-refractivity contribution in [2.75, 3.05) is 19.7 Å². The zero-order valence-electron chi connectivity index (χ0n) is 11.0. The molecule has 0 fully saturated rings. The van der Waals surface area contributed by atoms with Crippen molar-refractivity contribution in [1.29, 1.82) is 0 Å². The molecule has 0 amide bonds. The van der Waals surface area contributed by atoms with Crippen LogP contribution in [0.1, 0.15) is 25.8 Å². The van der Waals surface area contributed by atoms with E-state index in [-0.39, 0.29) is 5.97 Å². The Bertz CT molecular complexity index is 382. The molecule has 0 aliphatic heterocycles. The minimum Gasteiger partial charge on any atom is -0.465 e. The average Bonchev–Trinajstić information content (AvgIpc) is 2.32. The van der Waals surface area contributed by atoms with E-state index in [1.807, 2.05) is 31.2 Å². The third kappa shape index (κ3) is 5.07. The highest BCUT2D eigenvalue weighted by atomic mass is 35.5. The van der Waals surface area contributed by atoms with E-state index in [2.05, 4.69) is 11.8 Å². The molecule has 0 N–H and O–H groups in total. The smallest absolute Gasteiger partial charge is 0.320 e. The first kappa shape index (κ1) is 15.0. The molecular formula is C14H20ClNO2. The normalized spacial score (nSPS) is 10.7. The Morgan fingerprint density at radius 1 is 1.33 bits per heavy atom. The Labute approximate surface area is 114 Å². The molecule has 0 aromatic heterocycles. The van der Waals surface area contributed by atoms with Crippen LogP contribution in [0.25, 0.3) is 0 Å². The van der Waals surface area contributed by atoms with E-state index >= 15 is 0 Å². The number of hydrogen-bond donors (Lipinski definition) is 0. The summed E-state index contributed by atoms with van der Waals surface area (Å²) in [5.41, 5.74) is 1.04. The Hall–Kier alpha value is -1.06. The molecule has 0 spiro atoms.